The van der Waals surface area contributed by atoms with Gasteiger partial charge in [-0.1, -0.05) is 71.4 Å². The minimum Gasteiger partial charge on any atom is -0.386 e. The van der Waals surface area contributed by atoms with Gasteiger partial charge in [-0.25, -0.2) is 0 Å². The van der Waals surface area contributed by atoms with Crippen molar-refractivity contribution >= 4 is 23.6 Å². The van der Waals surface area contributed by atoms with Gasteiger partial charge in [0.15, 0.2) is 0 Å². The molecular formula is C35H58N4O7. The maximum absolute atomic E-state index is 14.0. The van der Waals surface area contributed by atoms with E-state index in [2.05, 4.69) is 10.6 Å². The van der Waals surface area contributed by atoms with E-state index in [1.165, 1.54) is 6.92 Å². The van der Waals surface area contributed by atoms with E-state index in [9.17, 15) is 24.3 Å². The van der Waals surface area contributed by atoms with Crippen LogP contribution in [0.2, 0.25) is 0 Å². The van der Waals surface area contributed by atoms with Crippen molar-refractivity contribution in [3.05, 3.63) is 35.9 Å². The average Bonchev–Trinajstić information content (AvgIpc) is 3.52. The molecule has 1 heterocycles. The number of rotatable bonds is 17. The molecule has 0 aliphatic carbocycles. The number of likely N-dealkylation sites (N-methyl/N-ethyl adjacent to an activating group) is 1. The van der Waals surface area contributed by atoms with Gasteiger partial charge in [0.25, 0.3) is 0 Å². The summed E-state index contributed by atoms with van der Waals surface area (Å²) < 4.78 is 11.8. The van der Waals surface area contributed by atoms with Gasteiger partial charge in [0.05, 0.1) is 48.8 Å². The first-order chi connectivity index (χ1) is 21.7. The summed E-state index contributed by atoms with van der Waals surface area (Å²) >= 11 is 0. The summed E-state index contributed by atoms with van der Waals surface area (Å²) in [4.78, 5) is 56.3. The van der Waals surface area contributed by atoms with Crippen LogP contribution in [0.25, 0.3) is 0 Å². The van der Waals surface area contributed by atoms with Crippen LogP contribution >= 0.6 is 0 Å². The second kappa shape index (κ2) is 18.4. The van der Waals surface area contributed by atoms with Crippen molar-refractivity contribution in [2.75, 3.05) is 27.8 Å². The SMILES string of the molecule is CC[C@H](C)[C@@H](C(CC(=O)N1CCC[C@H]1[C@H](OC)C(C)C(=O)N[C@H](C)[C@@H](O)c1ccccc1)OC)N(C)C(=O)[C@@H](NC(C)=O)C(C)C. The maximum Gasteiger partial charge on any atom is 0.245 e. The normalized spacial score (nSPS) is 20.2. The van der Waals surface area contributed by atoms with Gasteiger partial charge >= 0.3 is 0 Å². The minimum atomic E-state index is -0.869. The zero-order valence-electron chi connectivity index (χ0n) is 29.5. The summed E-state index contributed by atoms with van der Waals surface area (Å²) in [7, 11) is 4.81. The molecule has 11 heteroatoms. The predicted molar refractivity (Wildman–Crippen MR) is 178 cm³/mol. The number of methoxy groups -OCH3 is 2. The zero-order chi connectivity index (χ0) is 34.7. The molecule has 2 unspecified atom stereocenters. The highest BCUT2D eigenvalue weighted by Gasteiger charge is 2.43. The van der Waals surface area contributed by atoms with Gasteiger partial charge in [0.1, 0.15) is 6.04 Å². The first-order valence-electron chi connectivity index (χ1n) is 16.6. The Hall–Kier alpha value is -3.02. The number of nitrogens with zero attached hydrogens (tertiary/aromatic N) is 2. The van der Waals surface area contributed by atoms with Gasteiger partial charge in [-0.2, -0.15) is 0 Å². The van der Waals surface area contributed by atoms with Crippen LogP contribution in [-0.4, -0.2) is 103 Å². The van der Waals surface area contributed by atoms with E-state index in [0.29, 0.717) is 18.5 Å². The lowest BCUT2D eigenvalue weighted by Crippen LogP contribution is -2.57. The molecule has 4 amide bonds. The van der Waals surface area contributed by atoms with Crippen LogP contribution in [0, 0.1) is 17.8 Å². The summed E-state index contributed by atoms with van der Waals surface area (Å²) in [5.74, 6) is -1.61. The van der Waals surface area contributed by atoms with Gasteiger partial charge in [-0.15, -0.1) is 0 Å². The third kappa shape index (κ3) is 9.99. The van der Waals surface area contributed by atoms with Crippen LogP contribution in [-0.2, 0) is 28.7 Å². The van der Waals surface area contributed by atoms with Gasteiger partial charge in [0.2, 0.25) is 23.6 Å². The molecule has 0 saturated carbocycles. The Morgan fingerprint density at radius 1 is 1.02 bits per heavy atom. The van der Waals surface area contributed by atoms with Crippen molar-refractivity contribution in [3.63, 3.8) is 0 Å². The van der Waals surface area contributed by atoms with Crippen molar-refractivity contribution in [3.8, 4) is 0 Å². The zero-order valence-corrected chi connectivity index (χ0v) is 29.5. The van der Waals surface area contributed by atoms with Gasteiger partial charge < -0.3 is 35.0 Å². The third-order valence-corrected chi connectivity index (χ3v) is 9.53. The number of benzene rings is 1. The van der Waals surface area contributed by atoms with Gasteiger partial charge in [0, 0.05) is 34.7 Å². The first-order valence-corrected chi connectivity index (χ1v) is 16.6. The van der Waals surface area contributed by atoms with E-state index in [1.807, 2.05) is 58.0 Å². The van der Waals surface area contributed by atoms with Gasteiger partial charge in [-0.05, 0) is 37.2 Å². The van der Waals surface area contributed by atoms with E-state index in [0.717, 1.165) is 12.8 Å². The van der Waals surface area contributed by atoms with Crippen LogP contribution in [0.3, 0.4) is 0 Å². The summed E-state index contributed by atoms with van der Waals surface area (Å²) in [5, 5.41) is 16.5. The lowest BCUT2D eigenvalue weighted by atomic mass is 9.89. The molecule has 1 saturated heterocycles. The fourth-order valence-electron chi connectivity index (χ4n) is 6.63. The van der Waals surface area contributed by atoms with Gasteiger partial charge in [-0.3, -0.25) is 19.2 Å². The fraction of sp³-hybridized carbons (Fsp3) is 0.714. The lowest BCUT2D eigenvalue weighted by Gasteiger charge is -2.40. The number of carbonyl (C=O) groups excluding carboxylic acids is 4. The summed E-state index contributed by atoms with van der Waals surface area (Å²) in [6.45, 7) is 13.3. The summed E-state index contributed by atoms with van der Waals surface area (Å²) in [6.07, 6.45) is 0.227. The number of ether oxygens (including phenoxy) is 2. The Bertz CT molecular complexity index is 1130. The molecule has 0 aromatic heterocycles. The minimum absolute atomic E-state index is 0.00915. The molecule has 46 heavy (non-hydrogen) atoms. The number of nitrogens with one attached hydrogen (secondary N) is 2. The Labute approximate surface area is 275 Å². The molecule has 2 rings (SSSR count). The molecule has 9 atom stereocenters. The molecular weight excluding hydrogens is 588 g/mol. The Morgan fingerprint density at radius 3 is 2.17 bits per heavy atom. The molecule has 0 bridgehead atoms. The van der Waals surface area contributed by atoms with E-state index in [4.69, 9.17) is 9.47 Å². The summed E-state index contributed by atoms with van der Waals surface area (Å²) in [5.41, 5.74) is 0.712. The highest BCUT2D eigenvalue weighted by Crippen LogP contribution is 2.30. The monoisotopic (exact) mass is 646 g/mol. The highest BCUT2D eigenvalue weighted by molar-refractivity contribution is 5.87. The molecule has 1 aliphatic heterocycles. The predicted octanol–water partition coefficient (Wildman–Crippen LogP) is 3.31. The van der Waals surface area contributed by atoms with Crippen LogP contribution in [0.4, 0.5) is 0 Å². The Kier molecular flexibility index (Phi) is 15.6. The molecule has 260 valence electrons. The molecule has 3 N–H and O–H groups in total. The van der Waals surface area contributed by atoms with Crippen molar-refractivity contribution < 1.29 is 33.8 Å². The molecule has 0 radical (unpaired) electrons. The van der Waals surface area contributed by atoms with Crippen molar-refractivity contribution in [1.82, 2.24) is 20.4 Å². The van der Waals surface area contributed by atoms with E-state index < -0.39 is 42.4 Å². The largest absolute Gasteiger partial charge is 0.386 e. The third-order valence-electron chi connectivity index (χ3n) is 9.53. The average molecular weight is 647 g/mol. The molecule has 11 nitrogen and oxygen atoms in total. The topological polar surface area (TPSA) is 138 Å². The maximum atomic E-state index is 14.0. The van der Waals surface area contributed by atoms with Crippen LogP contribution < -0.4 is 10.6 Å². The molecule has 1 aromatic carbocycles. The van der Waals surface area contributed by atoms with Crippen molar-refractivity contribution in [2.45, 2.75) is 117 Å². The number of aliphatic hydroxyl groups is 1. The fourth-order valence-corrected chi connectivity index (χ4v) is 6.63. The van der Waals surface area contributed by atoms with E-state index in [1.54, 1.807) is 44.9 Å². The second-order valence-electron chi connectivity index (χ2n) is 13.2. The highest BCUT2D eigenvalue weighted by atomic mass is 16.5. The second-order valence-corrected chi connectivity index (χ2v) is 13.2. The summed E-state index contributed by atoms with van der Waals surface area (Å²) in [6, 6.07) is 7.21. The first kappa shape index (κ1) is 39.2. The van der Waals surface area contributed by atoms with Crippen molar-refractivity contribution in [1.29, 1.82) is 0 Å². The number of hydrogen-bond acceptors (Lipinski definition) is 7. The van der Waals surface area contributed by atoms with E-state index in [-0.39, 0.29) is 47.9 Å². The van der Waals surface area contributed by atoms with Crippen molar-refractivity contribution in [2.24, 2.45) is 17.8 Å². The number of amides is 4. The van der Waals surface area contributed by atoms with Crippen LogP contribution in [0.15, 0.2) is 30.3 Å². The molecule has 1 aliphatic rings. The van der Waals surface area contributed by atoms with Crippen LogP contribution in [0.1, 0.15) is 85.8 Å². The smallest absolute Gasteiger partial charge is 0.245 e. The van der Waals surface area contributed by atoms with Crippen LogP contribution in [0.5, 0.6) is 0 Å². The van der Waals surface area contributed by atoms with E-state index >= 15 is 0 Å². The molecule has 1 fully saturated rings. The lowest BCUT2D eigenvalue weighted by molar-refractivity contribution is -0.147. The number of carbonyl (C=O) groups is 4. The molecule has 0 spiro atoms. The number of aliphatic hydroxyl groups excluding tert-OH is 1. The standard InChI is InChI=1S/C35H58N4O7/c1-11-22(4)31(38(8)35(44)30(21(2)3)37-25(7)40)28(45-9)20-29(41)39-19-15-18-27(39)33(46-10)23(5)34(43)36-24(6)32(42)26-16-13-12-14-17-26/h12-14,16-17,21-24,27-28,30-33,42H,11,15,18-20H2,1-10H3,(H,36,43)(H,37,40)/t22-,23?,24+,27-,28?,30-,31-,32+,33+/m0/s1. The quantitative estimate of drug-likeness (QED) is 0.236. The number of hydrogen-bond donors (Lipinski definition) is 3. The Morgan fingerprint density at radius 2 is 1.65 bits per heavy atom. The Balaban J connectivity index is 2.21. The number of likely N-dealkylation sites (tertiary alicyclic amines) is 1. The molecule has 1 aromatic rings.